The normalized spacial score (nSPS) is 17.0. The summed E-state index contributed by atoms with van der Waals surface area (Å²) in [5, 5.41) is 0. The van der Waals surface area contributed by atoms with Gasteiger partial charge >= 0.3 is 0 Å². The Hall–Kier alpha value is -2.40. The molecule has 0 spiro atoms. The lowest BCUT2D eigenvalue weighted by Crippen LogP contribution is -2.27. The quantitative estimate of drug-likeness (QED) is 0.922. The standard InChI is InChI=1S/C16H16FN3O/c1-19(13-6-4-3-5-12(13)17)10-7-8-11-14(9-10)20(2)16(21)15(11)18/h3-9,15H,18H2,1-2H3. The van der Waals surface area contributed by atoms with Gasteiger partial charge in [-0.3, -0.25) is 4.79 Å². The number of likely N-dealkylation sites (N-methyl/N-ethyl adjacent to an activating group) is 1. The SMILES string of the molecule is CN1C(=O)C(N)c2ccc(N(C)c3ccccc3F)cc21. The van der Waals surface area contributed by atoms with Crippen LogP contribution in [0, 0.1) is 5.82 Å². The van der Waals surface area contributed by atoms with Crippen molar-refractivity contribution in [2.75, 3.05) is 23.9 Å². The summed E-state index contributed by atoms with van der Waals surface area (Å²) < 4.78 is 13.9. The molecular weight excluding hydrogens is 269 g/mol. The molecule has 0 saturated carbocycles. The van der Waals surface area contributed by atoms with Crippen molar-refractivity contribution in [2.45, 2.75) is 6.04 Å². The van der Waals surface area contributed by atoms with Gasteiger partial charge < -0.3 is 15.5 Å². The summed E-state index contributed by atoms with van der Waals surface area (Å²) in [5.41, 5.74) is 8.73. The maximum absolute atomic E-state index is 13.9. The number of benzene rings is 2. The van der Waals surface area contributed by atoms with E-state index >= 15 is 0 Å². The van der Waals surface area contributed by atoms with Crippen molar-refractivity contribution in [3.8, 4) is 0 Å². The van der Waals surface area contributed by atoms with Crippen LogP contribution in [0.1, 0.15) is 11.6 Å². The molecule has 0 aliphatic carbocycles. The highest BCUT2D eigenvalue weighted by Gasteiger charge is 2.32. The number of para-hydroxylation sites is 1. The number of halogens is 1. The van der Waals surface area contributed by atoms with Gasteiger partial charge in [0.25, 0.3) is 0 Å². The largest absolute Gasteiger partial charge is 0.342 e. The average Bonchev–Trinajstić information content (AvgIpc) is 2.71. The number of nitrogens with zero attached hydrogens (tertiary/aromatic N) is 2. The van der Waals surface area contributed by atoms with E-state index in [4.69, 9.17) is 5.73 Å². The first-order valence-corrected chi connectivity index (χ1v) is 6.66. The van der Waals surface area contributed by atoms with Crippen molar-refractivity contribution in [3.63, 3.8) is 0 Å². The summed E-state index contributed by atoms with van der Waals surface area (Å²) >= 11 is 0. The van der Waals surface area contributed by atoms with Crippen LogP contribution in [-0.2, 0) is 4.79 Å². The van der Waals surface area contributed by atoms with Crippen LogP contribution in [0.3, 0.4) is 0 Å². The van der Waals surface area contributed by atoms with E-state index in [1.165, 1.54) is 6.07 Å². The first-order chi connectivity index (χ1) is 10.0. The molecule has 0 bridgehead atoms. The third-order valence-electron chi connectivity index (χ3n) is 3.91. The maximum atomic E-state index is 13.9. The van der Waals surface area contributed by atoms with E-state index in [1.807, 2.05) is 18.2 Å². The summed E-state index contributed by atoms with van der Waals surface area (Å²) in [6.07, 6.45) is 0. The lowest BCUT2D eigenvalue weighted by molar-refractivity contribution is -0.118. The zero-order chi connectivity index (χ0) is 15.1. The maximum Gasteiger partial charge on any atom is 0.248 e. The molecule has 1 aliphatic rings. The number of hydrogen-bond acceptors (Lipinski definition) is 3. The second-order valence-corrected chi connectivity index (χ2v) is 5.13. The molecular formula is C16H16FN3O. The minimum atomic E-state index is -0.613. The average molecular weight is 285 g/mol. The minimum Gasteiger partial charge on any atom is -0.342 e. The van der Waals surface area contributed by atoms with Gasteiger partial charge in [-0.15, -0.1) is 0 Å². The predicted molar refractivity (Wildman–Crippen MR) is 81.2 cm³/mol. The second-order valence-electron chi connectivity index (χ2n) is 5.13. The predicted octanol–water partition coefficient (Wildman–Crippen LogP) is 2.57. The van der Waals surface area contributed by atoms with Crippen LogP contribution in [0.5, 0.6) is 0 Å². The molecule has 2 N–H and O–H groups in total. The molecule has 5 heteroatoms. The minimum absolute atomic E-state index is 0.129. The van der Waals surface area contributed by atoms with E-state index in [2.05, 4.69) is 0 Å². The highest BCUT2D eigenvalue weighted by atomic mass is 19.1. The fourth-order valence-corrected chi connectivity index (χ4v) is 2.62. The third kappa shape index (κ3) is 2.06. The molecule has 0 saturated heterocycles. The zero-order valence-electron chi connectivity index (χ0n) is 11.9. The molecule has 0 fully saturated rings. The van der Waals surface area contributed by atoms with Gasteiger partial charge in [0.05, 0.1) is 11.4 Å². The number of rotatable bonds is 2. The summed E-state index contributed by atoms with van der Waals surface area (Å²) in [4.78, 5) is 15.2. The molecule has 0 radical (unpaired) electrons. The van der Waals surface area contributed by atoms with Crippen LogP contribution < -0.4 is 15.5 Å². The lowest BCUT2D eigenvalue weighted by atomic mass is 10.1. The summed E-state index contributed by atoms with van der Waals surface area (Å²) in [5.74, 6) is -0.419. The second kappa shape index (κ2) is 4.86. The lowest BCUT2D eigenvalue weighted by Gasteiger charge is -2.21. The number of anilines is 3. The monoisotopic (exact) mass is 285 g/mol. The number of carbonyl (C=O) groups is 1. The smallest absolute Gasteiger partial charge is 0.248 e. The van der Waals surface area contributed by atoms with Crippen LogP contribution in [-0.4, -0.2) is 20.0 Å². The molecule has 2 aromatic carbocycles. The van der Waals surface area contributed by atoms with E-state index < -0.39 is 6.04 Å². The van der Waals surface area contributed by atoms with Crippen molar-refractivity contribution in [1.29, 1.82) is 0 Å². The highest BCUT2D eigenvalue weighted by molar-refractivity contribution is 6.04. The molecule has 1 aliphatic heterocycles. The molecule has 1 amide bonds. The van der Waals surface area contributed by atoms with Gasteiger partial charge in [0.15, 0.2) is 0 Å². The van der Waals surface area contributed by atoms with Gasteiger partial charge in [-0.2, -0.15) is 0 Å². The third-order valence-corrected chi connectivity index (χ3v) is 3.91. The molecule has 108 valence electrons. The Morgan fingerprint density at radius 3 is 2.67 bits per heavy atom. The molecule has 1 unspecified atom stereocenters. The Morgan fingerprint density at radius 1 is 1.24 bits per heavy atom. The number of amides is 1. The molecule has 3 rings (SSSR count). The first-order valence-electron chi connectivity index (χ1n) is 6.66. The Kier molecular flexibility index (Phi) is 3.14. The van der Waals surface area contributed by atoms with Crippen LogP contribution in [0.15, 0.2) is 42.5 Å². The zero-order valence-corrected chi connectivity index (χ0v) is 11.9. The topological polar surface area (TPSA) is 49.6 Å². The van der Waals surface area contributed by atoms with E-state index in [0.717, 1.165) is 16.9 Å². The van der Waals surface area contributed by atoms with Gasteiger partial charge in [-0.25, -0.2) is 4.39 Å². The summed E-state index contributed by atoms with van der Waals surface area (Å²) in [6, 6.07) is 11.5. The van der Waals surface area contributed by atoms with Crippen LogP contribution >= 0.6 is 0 Å². The van der Waals surface area contributed by atoms with Gasteiger partial charge in [-0.1, -0.05) is 18.2 Å². The van der Waals surface area contributed by atoms with Crippen molar-refractivity contribution in [2.24, 2.45) is 5.73 Å². The summed E-state index contributed by atoms with van der Waals surface area (Å²) in [6.45, 7) is 0. The van der Waals surface area contributed by atoms with Crippen molar-refractivity contribution in [1.82, 2.24) is 0 Å². The number of nitrogens with two attached hydrogens (primary N) is 1. The van der Waals surface area contributed by atoms with Gasteiger partial charge in [-0.05, 0) is 24.3 Å². The molecule has 21 heavy (non-hydrogen) atoms. The fourth-order valence-electron chi connectivity index (χ4n) is 2.62. The number of hydrogen-bond donors (Lipinski definition) is 1. The van der Waals surface area contributed by atoms with E-state index in [0.29, 0.717) is 5.69 Å². The van der Waals surface area contributed by atoms with E-state index in [1.54, 1.807) is 42.1 Å². The van der Waals surface area contributed by atoms with E-state index in [9.17, 15) is 9.18 Å². The molecule has 1 atom stereocenters. The van der Waals surface area contributed by atoms with Gasteiger partial charge in [0.2, 0.25) is 5.91 Å². The summed E-state index contributed by atoms with van der Waals surface area (Å²) in [7, 11) is 3.48. The highest BCUT2D eigenvalue weighted by Crippen LogP contribution is 2.37. The molecule has 0 aromatic heterocycles. The Labute approximate surface area is 122 Å². The van der Waals surface area contributed by atoms with Crippen molar-refractivity contribution in [3.05, 3.63) is 53.8 Å². The fraction of sp³-hybridized carbons (Fsp3) is 0.188. The van der Waals surface area contributed by atoms with Crippen molar-refractivity contribution < 1.29 is 9.18 Å². The van der Waals surface area contributed by atoms with Gasteiger partial charge in [0, 0.05) is 25.3 Å². The molecule has 1 heterocycles. The Morgan fingerprint density at radius 2 is 1.95 bits per heavy atom. The molecule has 2 aromatic rings. The van der Waals surface area contributed by atoms with E-state index in [-0.39, 0.29) is 11.7 Å². The van der Waals surface area contributed by atoms with Gasteiger partial charge in [0.1, 0.15) is 11.9 Å². The number of fused-ring (bicyclic) bond motifs is 1. The van der Waals surface area contributed by atoms with Crippen LogP contribution in [0.25, 0.3) is 0 Å². The van der Waals surface area contributed by atoms with Crippen molar-refractivity contribution >= 4 is 23.0 Å². The Bertz CT molecular complexity index is 716. The molecule has 4 nitrogen and oxygen atoms in total. The van der Waals surface area contributed by atoms with Crippen LogP contribution in [0.2, 0.25) is 0 Å². The number of carbonyl (C=O) groups excluding carboxylic acids is 1. The Balaban J connectivity index is 2.03. The van der Waals surface area contributed by atoms with Crippen LogP contribution in [0.4, 0.5) is 21.5 Å². The first kappa shape index (κ1) is 13.6.